The number of amides is 1. The van der Waals surface area contributed by atoms with Crippen LogP contribution in [0.4, 0.5) is 0 Å². The summed E-state index contributed by atoms with van der Waals surface area (Å²) < 4.78 is 0. The standard InChI is InChI=1S/C16H23N3O/c1-12-4-3-5-13(2)15(12)16(20)19-8-6-18(7-9-19)14-10-17-11-14/h3-5,14,17H,6-11H2,1-2H3. The van der Waals surface area contributed by atoms with E-state index in [0.29, 0.717) is 6.04 Å². The van der Waals surface area contributed by atoms with Gasteiger partial charge in [0.1, 0.15) is 0 Å². The van der Waals surface area contributed by atoms with Crippen molar-refractivity contribution in [2.75, 3.05) is 39.3 Å². The second-order valence-electron chi connectivity index (χ2n) is 5.91. The van der Waals surface area contributed by atoms with Gasteiger partial charge in [-0.3, -0.25) is 9.69 Å². The van der Waals surface area contributed by atoms with E-state index in [-0.39, 0.29) is 5.91 Å². The third-order valence-corrected chi connectivity index (χ3v) is 4.57. The van der Waals surface area contributed by atoms with E-state index in [9.17, 15) is 4.79 Å². The van der Waals surface area contributed by atoms with Gasteiger partial charge < -0.3 is 10.2 Å². The highest BCUT2D eigenvalue weighted by molar-refractivity contribution is 5.97. The van der Waals surface area contributed by atoms with Gasteiger partial charge in [0.05, 0.1) is 0 Å². The van der Waals surface area contributed by atoms with Crippen LogP contribution in [0.5, 0.6) is 0 Å². The van der Waals surface area contributed by atoms with Crippen LogP contribution >= 0.6 is 0 Å². The fraction of sp³-hybridized carbons (Fsp3) is 0.562. The van der Waals surface area contributed by atoms with E-state index in [1.54, 1.807) is 0 Å². The minimum atomic E-state index is 0.201. The lowest BCUT2D eigenvalue weighted by molar-refractivity contribution is 0.0501. The highest BCUT2D eigenvalue weighted by Crippen LogP contribution is 2.18. The molecule has 4 nitrogen and oxygen atoms in total. The molecule has 0 radical (unpaired) electrons. The van der Waals surface area contributed by atoms with Crippen molar-refractivity contribution in [1.82, 2.24) is 15.1 Å². The lowest BCUT2D eigenvalue weighted by atomic mass is 10.0. The van der Waals surface area contributed by atoms with Crippen molar-refractivity contribution in [1.29, 1.82) is 0 Å². The van der Waals surface area contributed by atoms with Gasteiger partial charge in [0.2, 0.25) is 0 Å². The van der Waals surface area contributed by atoms with Gasteiger partial charge in [0.25, 0.3) is 5.91 Å². The van der Waals surface area contributed by atoms with Crippen molar-refractivity contribution in [3.63, 3.8) is 0 Å². The smallest absolute Gasteiger partial charge is 0.254 e. The van der Waals surface area contributed by atoms with Crippen molar-refractivity contribution < 1.29 is 4.79 Å². The van der Waals surface area contributed by atoms with E-state index in [4.69, 9.17) is 0 Å². The molecule has 1 aromatic carbocycles. The Morgan fingerprint density at radius 3 is 2.20 bits per heavy atom. The molecule has 0 aromatic heterocycles. The molecule has 2 saturated heterocycles. The summed E-state index contributed by atoms with van der Waals surface area (Å²) in [5.41, 5.74) is 3.06. The first-order chi connectivity index (χ1) is 9.66. The monoisotopic (exact) mass is 273 g/mol. The number of carbonyl (C=O) groups excluding carboxylic acids is 1. The zero-order valence-corrected chi connectivity index (χ0v) is 12.4. The summed E-state index contributed by atoms with van der Waals surface area (Å²) in [5, 5.41) is 3.31. The molecule has 0 spiro atoms. The van der Waals surface area contributed by atoms with E-state index < -0.39 is 0 Å². The third-order valence-electron chi connectivity index (χ3n) is 4.57. The number of piperazine rings is 1. The molecule has 2 heterocycles. The van der Waals surface area contributed by atoms with E-state index >= 15 is 0 Å². The Morgan fingerprint density at radius 2 is 1.70 bits per heavy atom. The molecule has 1 aromatic rings. The molecule has 4 heteroatoms. The minimum absolute atomic E-state index is 0.201. The Hall–Kier alpha value is -1.39. The molecule has 2 aliphatic heterocycles. The number of carbonyl (C=O) groups is 1. The van der Waals surface area contributed by atoms with Gasteiger partial charge in [0.15, 0.2) is 0 Å². The zero-order chi connectivity index (χ0) is 14.1. The Kier molecular flexibility index (Phi) is 3.76. The van der Waals surface area contributed by atoms with Crippen LogP contribution in [0.25, 0.3) is 0 Å². The van der Waals surface area contributed by atoms with Gasteiger partial charge in [-0.15, -0.1) is 0 Å². The molecule has 1 amide bonds. The first-order valence-electron chi connectivity index (χ1n) is 7.47. The molecule has 2 aliphatic rings. The molecule has 0 atom stereocenters. The quantitative estimate of drug-likeness (QED) is 0.874. The number of rotatable bonds is 2. The van der Waals surface area contributed by atoms with Gasteiger partial charge in [-0.1, -0.05) is 18.2 Å². The average molecular weight is 273 g/mol. The third kappa shape index (κ3) is 2.45. The largest absolute Gasteiger partial charge is 0.336 e. The summed E-state index contributed by atoms with van der Waals surface area (Å²) in [6.07, 6.45) is 0. The van der Waals surface area contributed by atoms with Crippen molar-refractivity contribution >= 4 is 5.91 Å². The zero-order valence-electron chi connectivity index (χ0n) is 12.4. The van der Waals surface area contributed by atoms with Gasteiger partial charge in [0, 0.05) is 50.9 Å². The lowest BCUT2D eigenvalue weighted by Gasteiger charge is -2.43. The molecule has 1 N–H and O–H groups in total. The van der Waals surface area contributed by atoms with E-state index in [1.807, 2.05) is 36.9 Å². The maximum Gasteiger partial charge on any atom is 0.254 e. The fourth-order valence-corrected chi connectivity index (χ4v) is 3.13. The van der Waals surface area contributed by atoms with Crippen molar-refractivity contribution in [3.8, 4) is 0 Å². The van der Waals surface area contributed by atoms with Crippen molar-refractivity contribution in [3.05, 3.63) is 34.9 Å². The molecule has 3 rings (SSSR count). The molecule has 0 saturated carbocycles. The van der Waals surface area contributed by atoms with E-state index in [2.05, 4.69) is 10.2 Å². The Labute approximate surface area is 120 Å². The first kappa shape index (κ1) is 13.6. The van der Waals surface area contributed by atoms with Crippen LogP contribution in [-0.4, -0.2) is 61.0 Å². The summed E-state index contributed by atoms with van der Waals surface area (Å²) in [6.45, 7) is 9.96. The Morgan fingerprint density at radius 1 is 1.10 bits per heavy atom. The molecular weight excluding hydrogens is 250 g/mol. The lowest BCUT2D eigenvalue weighted by Crippen LogP contribution is -2.62. The van der Waals surface area contributed by atoms with Gasteiger partial charge in [-0.2, -0.15) is 0 Å². The number of hydrogen-bond acceptors (Lipinski definition) is 3. The molecule has 2 fully saturated rings. The predicted molar refractivity (Wildman–Crippen MR) is 80.1 cm³/mol. The molecule has 0 aliphatic carbocycles. The number of nitrogens with one attached hydrogen (secondary N) is 1. The second-order valence-corrected chi connectivity index (χ2v) is 5.91. The highest BCUT2D eigenvalue weighted by Gasteiger charge is 2.30. The topological polar surface area (TPSA) is 35.6 Å². The Bertz CT molecular complexity index is 482. The molecule has 0 bridgehead atoms. The highest BCUT2D eigenvalue weighted by atomic mass is 16.2. The van der Waals surface area contributed by atoms with Gasteiger partial charge in [-0.05, 0) is 25.0 Å². The first-order valence-corrected chi connectivity index (χ1v) is 7.47. The van der Waals surface area contributed by atoms with Crippen LogP contribution < -0.4 is 5.32 Å². The van der Waals surface area contributed by atoms with Crippen LogP contribution in [-0.2, 0) is 0 Å². The molecule has 0 unspecified atom stereocenters. The maximum atomic E-state index is 12.7. The van der Waals surface area contributed by atoms with E-state index in [1.165, 1.54) is 0 Å². The predicted octanol–water partition coefficient (Wildman–Crippen LogP) is 1.03. The van der Waals surface area contributed by atoms with Crippen LogP contribution in [0.2, 0.25) is 0 Å². The number of benzene rings is 1. The number of aryl methyl sites for hydroxylation is 2. The average Bonchev–Trinajstić information content (AvgIpc) is 2.37. The fourth-order valence-electron chi connectivity index (χ4n) is 3.13. The summed E-state index contributed by atoms with van der Waals surface area (Å²) in [5.74, 6) is 0.201. The second kappa shape index (κ2) is 5.54. The maximum absolute atomic E-state index is 12.7. The SMILES string of the molecule is Cc1cccc(C)c1C(=O)N1CCN(C2CNC2)CC1. The van der Waals surface area contributed by atoms with Crippen LogP contribution in [0.1, 0.15) is 21.5 Å². The van der Waals surface area contributed by atoms with Crippen LogP contribution in [0.3, 0.4) is 0 Å². The minimum Gasteiger partial charge on any atom is -0.336 e. The van der Waals surface area contributed by atoms with Gasteiger partial charge >= 0.3 is 0 Å². The molecule has 20 heavy (non-hydrogen) atoms. The number of hydrogen-bond donors (Lipinski definition) is 1. The van der Waals surface area contributed by atoms with Crippen molar-refractivity contribution in [2.24, 2.45) is 0 Å². The molecule has 108 valence electrons. The summed E-state index contributed by atoms with van der Waals surface area (Å²) in [6, 6.07) is 6.75. The summed E-state index contributed by atoms with van der Waals surface area (Å²) in [4.78, 5) is 17.2. The normalized spacial score (nSPS) is 20.8. The summed E-state index contributed by atoms with van der Waals surface area (Å²) >= 11 is 0. The van der Waals surface area contributed by atoms with Crippen molar-refractivity contribution in [2.45, 2.75) is 19.9 Å². The molecular formula is C16H23N3O. The van der Waals surface area contributed by atoms with E-state index in [0.717, 1.165) is 56.0 Å². The van der Waals surface area contributed by atoms with Crippen LogP contribution in [0, 0.1) is 13.8 Å². The summed E-state index contributed by atoms with van der Waals surface area (Å²) in [7, 11) is 0. The Balaban J connectivity index is 1.67. The number of nitrogens with zero attached hydrogens (tertiary/aromatic N) is 2. The van der Waals surface area contributed by atoms with Gasteiger partial charge in [-0.25, -0.2) is 0 Å². The van der Waals surface area contributed by atoms with Crippen LogP contribution in [0.15, 0.2) is 18.2 Å².